The molecule has 1 N–H and O–H groups in total. The first-order valence-electron chi connectivity index (χ1n) is 9.91. The van der Waals surface area contributed by atoms with Crippen LogP contribution in [0.2, 0.25) is 0 Å². The quantitative estimate of drug-likeness (QED) is 0.417. The second kappa shape index (κ2) is 9.59. The van der Waals surface area contributed by atoms with Crippen molar-refractivity contribution in [2.24, 2.45) is 0 Å². The van der Waals surface area contributed by atoms with E-state index >= 15 is 0 Å². The number of unbranched alkanes of at least 4 members (excludes halogenated alkanes) is 1. The number of hydrogen-bond acceptors (Lipinski definition) is 5. The molecule has 0 fully saturated rings. The number of nitrogens with one attached hydrogen (secondary N) is 1. The molecule has 1 unspecified atom stereocenters. The van der Waals surface area contributed by atoms with Crippen molar-refractivity contribution in [3.05, 3.63) is 56.7 Å². The van der Waals surface area contributed by atoms with E-state index in [9.17, 15) is 9.59 Å². The van der Waals surface area contributed by atoms with Crippen molar-refractivity contribution >= 4 is 39.2 Å². The number of benzene rings is 1. The zero-order valence-electron chi connectivity index (χ0n) is 17.3. The van der Waals surface area contributed by atoms with E-state index < -0.39 is 0 Å². The molecule has 0 saturated carbocycles. The molecule has 3 aromatic rings. The van der Waals surface area contributed by atoms with E-state index in [0.717, 1.165) is 33.7 Å². The van der Waals surface area contributed by atoms with Crippen molar-refractivity contribution < 1.29 is 4.79 Å². The number of hydrogen-bond donors (Lipinski definition) is 1. The molecule has 1 amide bonds. The third-order valence-corrected chi connectivity index (χ3v) is 7.14. The minimum atomic E-state index is -0.349. The van der Waals surface area contributed by atoms with Gasteiger partial charge in [-0.3, -0.25) is 14.2 Å². The van der Waals surface area contributed by atoms with E-state index in [1.54, 1.807) is 15.9 Å². The number of aromatic nitrogens is 2. The highest BCUT2D eigenvalue weighted by Gasteiger charge is 2.21. The Morgan fingerprint density at radius 2 is 2.00 bits per heavy atom. The van der Waals surface area contributed by atoms with Gasteiger partial charge in [-0.25, -0.2) is 4.98 Å². The first kappa shape index (κ1) is 21.6. The van der Waals surface area contributed by atoms with Crippen LogP contribution in [-0.2, 0) is 17.9 Å². The number of carbonyl (C=O) groups is 1. The molecule has 0 aliphatic rings. The van der Waals surface area contributed by atoms with Crippen LogP contribution in [0, 0.1) is 13.8 Å². The number of amides is 1. The first-order valence-corrected chi connectivity index (χ1v) is 11.6. The van der Waals surface area contributed by atoms with E-state index in [0.29, 0.717) is 23.6 Å². The molecule has 0 bridgehead atoms. The lowest BCUT2D eigenvalue weighted by Gasteiger charge is -2.15. The average Bonchev–Trinajstić information content (AvgIpc) is 3.00. The van der Waals surface area contributed by atoms with Gasteiger partial charge in [-0.2, -0.15) is 0 Å². The van der Waals surface area contributed by atoms with Gasteiger partial charge in [0.2, 0.25) is 5.91 Å². The van der Waals surface area contributed by atoms with Gasteiger partial charge in [-0.1, -0.05) is 55.4 Å². The Balaban J connectivity index is 1.83. The maximum Gasteiger partial charge on any atom is 0.263 e. The number of fused-ring (bicyclic) bond motifs is 1. The van der Waals surface area contributed by atoms with Gasteiger partial charge >= 0.3 is 0 Å². The molecule has 2 heterocycles. The molecular weight excluding hydrogens is 402 g/mol. The Morgan fingerprint density at radius 1 is 1.28 bits per heavy atom. The zero-order valence-corrected chi connectivity index (χ0v) is 19.0. The van der Waals surface area contributed by atoms with Crippen molar-refractivity contribution in [3.63, 3.8) is 0 Å². The molecule has 0 saturated heterocycles. The van der Waals surface area contributed by atoms with E-state index in [-0.39, 0.29) is 16.7 Å². The summed E-state index contributed by atoms with van der Waals surface area (Å²) >= 11 is 2.90. The third kappa shape index (κ3) is 4.90. The molecule has 7 heteroatoms. The third-order valence-electron chi connectivity index (χ3n) is 4.95. The number of nitrogens with zero attached hydrogens (tertiary/aromatic N) is 2. The number of carbonyl (C=O) groups excluding carboxylic acids is 1. The van der Waals surface area contributed by atoms with E-state index in [1.165, 1.54) is 11.8 Å². The maximum atomic E-state index is 13.2. The topological polar surface area (TPSA) is 64.0 Å². The van der Waals surface area contributed by atoms with Crippen LogP contribution in [0.25, 0.3) is 10.2 Å². The van der Waals surface area contributed by atoms with Gasteiger partial charge < -0.3 is 5.32 Å². The minimum absolute atomic E-state index is 0.00435. The fourth-order valence-corrected chi connectivity index (χ4v) is 5.08. The van der Waals surface area contributed by atoms with Crippen LogP contribution in [0.4, 0.5) is 0 Å². The fourth-order valence-electron chi connectivity index (χ4n) is 3.05. The van der Waals surface area contributed by atoms with Crippen molar-refractivity contribution in [2.75, 3.05) is 0 Å². The Hall–Kier alpha value is -2.12. The molecule has 2 aromatic heterocycles. The average molecular weight is 430 g/mol. The highest BCUT2D eigenvalue weighted by Crippen LogP contribution is 2.29. The molecule has 0 spiro atoms. The molecule has 29 heavy (non-hydrogen) atoms. The van der Waals surface area contributed by atoms with Gasteiger partial charge in [0.1, 0.15) is 4.83 Å². The van der Waals surface area contributed by atoms with Crippen LogP contribution in [0.5, 0.6) is 0 Å². The van der Waals surface area contributed by atoms with E-state index in [4.69, 9.17) is 4.98 Å². The standard InChI is InChI=1S/C22H27N3O2S2/c1-5-6-12-25-21(27)18-14(2)15(3)28-20(18)24-22(25)29-16(4)19(26)23-13-17-10-8-7-9-11-17/h7-11,16H,5-6,12-13H2,1-4H3,(H,23,26). The predicted molar refractivity (Wildman–Crippen MR) is 122 cm³/mol. The lowest BCUT2D eigenvalue weighted by atomic mass is 10.2. The Labute approximate surface area is 179 Å². The molecule has 3 rings (SSSR count). The summed E-state index contributed by atoms with van der Waals surface area (Å²) in [5, 5.41) is 3.97. The maximum absolute atomic E-state index is 13.2. The lowest BCUT2D eigenvalue weighted by molar-refractivity contribution is -0.120. The van der Waals surface area contributed by atoms with Crippen molar-refractivity contribution in [1.82, 2.24) is 14.9 Å². The lowest BCUT2D eigenvalue weighted by Crippen LogP contribution is -2.31. The van der Waals surface area contributed by atoms with E-state index in [2.05, 4.69) is 12.2 Å². The van der Waals surface area contributed by atoms with Gasteiger partial charge in [-0.15, -0.1) is 11.3 Å². The summed E-state index contributed by atoms with van der Waals surface area (Å²) < 4.78 is 1.75. The molecule has 154 valence electrons. The Kier molecular flexibility index (Phi) is 7.14. The molecule has 0 aliphatic heterocycles. The number of aryl methyl sites for hydroxylation is 2. The summed E-state index contributed by atoms with van der Waals surface area (Å²) in [6, 6.07) is 9.83. The Morgan fingerprint density at radius 3 is 2.69 bits per heavy atom. The van der Waals surface area contributed by atoms with Gasteiger partial charge in [0.05, 0.1) is 10.6 Å². The number of rotatable bonds is 8. The molecule has 1 atom stereocenters. The summed E-state index contributed by atoms with van der Waals surface area (Å²) in [4.78, 5) is 32.4. The molecule has 0 radical (unpaired) electrons. The highest BCUT2D eigenvalue weighted by molar-refractivity contribution is 8.00. The number of thioether (sulfide) groups is 1. The van der Waals surface area contributed by atoms with Crippen LogP contribution in [0.1, 0.15) is 42.7 Å². The number of thiophene rings is 1. The van der Waals surface area contributed by atoms with Crippen LogP contribution in [-0.4, -0.2) is 20.7 Å². The summed E-state index contributed by atoms with van der Waals surface area (Å²) in [5.41, 5.74) is 2.07. The molecule has 1 aromatic carbocycles. The van der Waals surface area contributed by atoms with Crippen LogP contribution < -0.4 is 10.9 Å². The SMILES string of the molecule is CCCCn1c(SC(C)C(=O)NCc2ccccc2)nc2sc(C)c(C)c2c1=O. The molecular formula is C22H27N3O2S2. The summed E-state index contributed by atoms with van der Waals surface area (Å²) in [5.74, 6) is -0.0613. The van der Waals surface area contributed by atoms with Crippen molar-refractivity contribution in [3.8, 4) is 0 Å². The highest BCUT2D eigenvalue weighted by atomic mass is 32.2. The zero-order chi connectivity index (χ0) is 21.0. The fraction of sp³-hybridized carbons (Fsp3) is 0.409. The van der Waals surface area contributed by atoms with Gasteiger partial charge in [0.15, 0.2) is 5.16 Å². The van der Waals surface area contributed by atoms with Crippen LogP contribution in [0.15, 0.2) is 40.3 Å². The van der Waals surface area contributed by atoms with E-state index in [1.807, 2.05) is 51.1 Å². The van der Waals surface area contributed by atoms with Gasteiger partial charge in [-0.05, 0) is 38.3 Å². The second-order valence-electron chi connectivity index (χ2n) is 7.13. The molecule has 0 aliphatic carbocycles. The molecule has 5 nitrogen and oxygen atoms in total. The van der Waals surface area contributed by atoms with Crippen LogP contribution in [0.3, 0.4) is 0 Å². The normalized spacial score (nSPS) is 12.3. The second-order valence-corrected chi connectivity index (χ2v) is 9.64. The minimum Gasteiger partial charge on any atom is -0.351 e. The van der Waals surface area contributed by atoms with Gasteiger partial charge in [0.25, 0.3) is 5.56 Å². The summed E-state index contributed by atoms with van der Waals surface area (Å²) in [7, 11) is 0. The van der Waals surface area contributed by atoms with Crippen molar-refractivity contribution in [2.45, 2.75) is 64.0 Å². The summed E-state index contributed by atoms with van der Waals surface area (Å²) in [6.07, 6.45) is 1.89. The Bertz CT molecular complexity index is 1060. The van der Waals surface area contributed by atoms with Gasteiger partial charge in [0, 0.05) is 18.0 Å². The predicted octanol–water partition coefficient (Wildman–Crippen LogP) is 4.67. The smallest absolute Gasteiger partial charge is 0.263 e. The largest absolute Gasteiger partial charge is 0.351 e. The van der Waals surface area contributed by atoms with Crippen molar-refractivity contribution in [1.29, 1.82) is 0 Å². The summed E-state index contributed by atoms with van der Waals surface area (Å²) in [6.45, 7) is 9.06. The monoisotopic (exact) mass is 429 g/mol. The van der Waals surface area contributed by atoms with Crippen LogP contribution >= 0.6 is 23.1 Å². The first-order chi connectivity index (χ1) is 13.9.